The highest BCUT2D eigenvalue weighted by atomic mass is 16.5. The van der Waals surface area contributed by atoms with E-state index in [0.29, 0.717) is 12.3 Å². The van der Waals surface area contributed by atoms with Crippen molar-refractivity contribution in [1.82, 2.24) is 5.32 Å². The van der Waals surface area contributed by atoms with Gasteiger partial charge in [-0.2, -0.15) is 0 Å². The molecule has 0 saturated carbocycles. The van der Waals surface area contributed by atoms with Crippen LogP contribution < -0.4 is 11.1 Å². The third-order valence-corrected chi connectivity index (χ3v) is 3.18. The number of carbonyl (C=O) groups excluding carboxylic acids is 1. The van der Waals surface area contributed by atoms with Gasteiger partial charge in [0.05, 0.1) is 0 Å². The first-order valence-electron chi connectivity index (χ1n) is 6.14. The molecule has 0 aromatic heterocycles. The van der Waals surface area contributed by atoms with Crippen molar-refractivity contribution in [3.63, 3.8) is 0 Å². The normalized spacial score (nSPS) is 18.1. The summed E-state index contributed by atoms with van der Waals surface area (Å²) in [5.41, 5.74) is 7.30. The van der Waals surface area contributed by atoms with Crippen molar-refractivity contribution >= 4 is 6.09 Å². The summed E-state index contributed by atoms with van der Waals surface area (Å²) in [7, 11) is 0. The van der Waals surface area contributed by atoms with Crippen LogP contribution in [0.25, 0.3) is 0 Å². The second-order valence-corrected chi connectivity index (χ2v) is 4.45. The van der Waals surface area contributed by atoms with Crippen LogP contribution in [0.15, 0.2) is 18.2 Å². The summed E-state index contributed by atoms with van der Waals surface area (Å²) in [5, 5.41) is 12.8. The van der Waals surface area contributed by atoms with Gasteiger partial charge in [-0.1, -0.05) is 6.07 Å². The summed E-state index contributed by atoms with van der Waals surface area (Å²) in [6.45, 7) is 0.854. The molecule has 0 fully saturated rings. The Morgan fingerprint density at radius 2 is 2.39 bits per heavy atom. The summed E-state index contributed by atoms with van der Waals surface area (Å²) in [4.78, 5) is 10.4. The lowest BCUT2D eigenvalue weighted by atomic mass is 9.87. The number of benzene rings is 1. The van der Waals surface area contributed by atoms with E-state index in [4.69, 9.17) is 5.73 Å². The number of aromatic hydroxyl groups is 1. The van der Waals surface area contributed by atoms with Crippen LogP contribution in [0.1, 0.15) is 30.0 Å². The zero-order valence-corrected chi connectivity index (χ0v) is 10.2. The molecule has 1 unspecified atom stereocenters. The van der Waals surface area contributed by atoms with Gasteiger partial charge in [-0.15, -0.1) is 0 Å². The van der Waals surface area contributed by atoms with Crippen molar-refractivity contribution in [3.05, 3.63) is 29.3 Å². The zero-order valence-electron chi connectivity index (χ0n) is 10.2. The number of nitrogens with one attached hydrogen (secondary N) is 1. The van der Waals surface area contributed by atoms with Gasteiger partial charge in [0, 0.05) is 12.6 Å². The molecule has 4 N–H and O–H groups in total. The predicted molar refractivity (Wildman–Crippen MR) is 67.3 cm³/mol. The lowest BCUT2D eigenvalue weighted by molar-refractivity contribution is 0.155. The first kappa shape index (κ1) is 12.7. The minimum absolute atomic E-state index is 0.255. The lowest BCUT2D eigenvalue weighted by Gasteiger charge is -2.26. The van der Waals surface area contributed by atoms with E-state index in [1.54, 1.807) is 6.07 Å². The Bertz CT molecular complexity index is 434. The molecule has 0 radical (unpaired) electrons. The molecule has 1 aliphatic rings. The molecule has 0 saturated heterocycles. The topological polar surface area (TPSA) is 84.6 Å². The molecule has 18 heavy (non-hydrogen) atoms. The SMILES string of the molecule is NC(=O)OCCNC1CCCc2cc(O)ccc21. The van der Waals surface area contributed by atoms with Gasteiger partial charge in [0.2, 0.25) is 0 Å². The van der Waals surface area contributed by atoms with Gasteiger partial charge in [0.25, 0.3) is 0 Å². The van der Waals surface area contributed by atoms with E-state index in [2.05, 4.69) is 10.1 Å². The Morgan fingerprint density at radius 3 is 3.17 bits per heavy atom. The maximum atomic E-state index is 10.4. The summed E-state index contributed by atoms with van der Waals surface area (Å²) < 4.78 is 4.68. The molecular weight excluding hydrogens is 232 g/mol. The Hall–Kier alpha value is -1.75. The van der Waals surface area contributed by atoms with Crippen LogP contribution in [-0.2, 0) is 11.2 Å². The average Bonchev–Trinajstić information content (AvgIpc) is 2.34. The minimum Gasteiger partial charge on any atom is -0.508 e. The molecular formula is C13H18N2O3. The molecule has 0 spiro atoms. The standard InChI is InChI=1S/C13H18N2O3/c14-13(17)18-7-6-15-12-3-1-2-9-8-10(16)4-5-11(9)12/h4-5,8,12,15-16H,1-3,6-7H2,(H2,14,17). The highest BCUT2D eigenvalue weighted by Crippen LogP contribution is 2.31. The molecule has 98 valence electrons. The monoisotopic (exact) mass is 250 g/mol. The minimum atomic E-state index is -0.745. The number of amides is 1. The van der Waals surface area contributed by atoms with Crippen LogP contribution in [0.5, 0.6) is 5.75 Å². The number of hydrogen-bond acceptors (Lipinski definition) is 4. The van der Waals surface area contributed by atoms with Crippen molar-refractivity contribution in [2.24, 2.45) is 5.73 Å². The number of primary amides is 1. The fourth-order valence-corrected chi connectivity index (χ4v) is 2.40. The van der Waals surface area contributed by atoms with Crippen LogP contribution in [0, 0.1) is 0 Å². The van der Waals surface area contributed by atoms with Crippen LogP contribution in [0.4, 0.5) is 4.79 Å². The van der Waals surface area contributed by atoms with Gasteiger partial charge in [0.15, 0.2) is 0 Å². The average molecular weight is 250 g/mol. The fourth-order valence-electron chi connectivity index (χ4n) is 2.40. The molecule has 0 bridgehead atoms. The Kier molecular flexibility index (Phi) is 4.04. The Labute approximate surface area is 106 Å². The maximum absolute atomic E-state index is 10.4. The van der Waals surface area contributed by atoms with Crippen LogP contribution in [0.3, 0.4) is 0 Å². The van der Waals surface area contributed by atoms with Crippen molar-refractivity contribution in [1.29, 1.82) is 0 Å². The fraction of sp³-hybridized carbons (Fsp3) is 0.462. The summed E-state index contributed by atoms with van der Waals surface area (Å²) in [5.74, 6) is 0.312. The number of ether oxygens (including phenoxy) is 1. The van der Waals surface area contributed by atoms with Crippen molar-refractivity contribution in [3.8, 4) is 5.75 Å². The second-order valence-electron chi connectivity index (χ2n) is 4.45. The lowest BCUT2D eigenvalue weighted by Crippen LogP contribution is -2.29. The van der Waals surface area contributed by atoms with E-state index >= 15 is 0 Å². The van der Waals surface area contributed by atoms with Crippen molar-refractivity contribution in [2.45, 2.75) is 25.3 Å². The number of carbonyl (C=O) groups is 1. The number of phenolic OH excluding ortho intramolecular Hbond substituents is 1. The highest BCUT2D eigenvalue weighted by Gasteiger charge is 2.19. The third-order valence-electron chi connectivity index (χ3n) is 3.18. The van der Waals surface area contributed by atoms with Crippen LogP contribution >= 0.6 is 0 Å². The summed E-state index contributed by atoms with van der Waals surface area (Å²) in [6, 6.07) is 5.74. The molecule has 1 aromatic carbocycles. The first-order valence-corrected chi connectivity index (χ1v) is 6.14. The number of aryl methyl sites for hydroxylation is 1. The molecule has 1 amide bonds. The van der Waals surface area contributed by atoms with Crippen molar-refractivity contribution < 1.29 is 14.6 Å². The number of phenols is 1. The zero-order chi connectivity index (χ0) is 13.0. The molecule has 5 heteroatoms. The quantitative estimate of drug-likeness (QED) is 0.706. The molecule has 1 aromatic rings. The molecule has 1 atom stereocenters. The third kappa shape index (κ3) is 3.13. The molecule has 0 aliphatic heterocycles. The Morgan fingerprint density at radius 1 is 1.56 bits per heavy atom. The van der Waals surface area contributed by atoms with Gasteiger partial charge in [0.1, 0.15) is 12.4 Å². The van der Waals surface area contributed by atoms with Gasteiger partial charge in [-0.05, 0) is 42.5 Å². The van der Waals surface area contributed by atoms with E-state index < -0.39 is 6.09 Å². The van der Waals surface area contributed by atoms with Crippen LogP contribution in [-0.4, -0.2) is 24.4 Å². The molecule has 2 rings (SSSR count). The van der Waals surface area contributed by atoms with Crippen LogP contribution in [0.2, 0.25) is 0 Å². The highest BCUT2D eigenvalue weighted by molar-refractivity contribution is 5.64. The number of rotatable bonds is 4. The van der Waals surface area contributed by atoms with Crippen molar-refractivity contribution in [2.75, 3.05) is 13.2 Å². The largest absolute Gasteiger partial charge is 0.508 e. The number of hydrogen-bond donors (Lipinski definition) is 3. The predicted octanol–water partition coefficient (Wildman–Crippen LogP) is 1.45. The molecule has 5 nitrogen and oxygen atoms in total. The summed E-state index contributed by atoms with van der Waals surface area (Å²) in [6.07, 6.45) is 2.39. The van der Waals surface area contributed by atoms with E-state index in [0.717, 1.165) is 19.3 Å². The smallest absolute Gasteiger partial charge is 0.404 e. The molecule has 1 aliphatic carbocycles. The van der Waals surface area contributed by atoms with E-state index in [9.17, 15) is 9.90 Å². The van der Waals surface area contributed by atoms with E-state index in [1.165, 1.54) is 11.1 Å². The first-order chi connectivity index (χ1) is 8.66. The number of nitrogens with two attached hydrogens (primary N) is 1. The Balaban J connectivity index is 1.93. The number of fused-ring (bicyclic) bond motifs is 1. The summed E-state index contributed by atoms with van der Waals surface area (Å²) >= 11 is 0. The van der Waals surface area contributed by atoms with Gasteiger partial charge < -0.3 is 20.9 Å². The molecule has 0 heterocycles. The van der Waals surface area contributed by atoms with E-state index in [-0.39, 0.29) is 12.6 Å². The second kappa shape index (κ2) is 5.73. The maximum Gasteiger partial charge on any atom is 0.404 e. The van der Waals surface area contributed by atoms with E-state index in [1.807, 2.05) is 12.1 Å². The van der Waals surface area contributed by atoms with Gasteiger partial charge in [-0.3, -0.25) is 0 Å². The van der Waals surface area contributed by atoms with Gasteiger partial charge in [-0.25, -0.2) is 4.79 Å². The van der Waals surface area contributed by atoms with Gasteiger partial charge >= 0.3 is 6.09 Å².